The molecular formula is C17H20N6O. The van der Waals surface area contributed by atoms with Crippen LogP contribution in [0, 0.1) is 0 Å². The summed E-state index contributed by atoms with van der Waals surface area (Å²) in [7, 11) is 0. The van der Waals surface area contributed by atoms with Crippen molar-refractivity contribution < 1.29 is 4.52 Å². The molecule has 0 bridgehead atoms. The Kier molecular flexibility index (Phi) is 4.33. The van der Waals surface area contributed by atoms with Crippen LogP contribution in [-0.4, -0.2) is 42.4 Å². The second kappa shape index (κ2) is 6.92. The van der Waals surface area contributed by atoms with E-state index < -0.39 is 0 Å². The topological polar surface area (TPSA) is 72.9 Å². The van der Waals surface area contributed by atoms with Gasteiger partial charge in [0.25, 0.3) is 0 Å². The first-order chi connectivity index (χ1) is 11.9. The molecular weight excluding hydrogens is 304 g/mol. The summed E-state index contributed by atoms with van der Waals surface area (Å²) in [5.41, 5.74) is 0.874. The Labute approximate surface area is 140 Å². The summed E-state index contributed by atoms with van der Waals surface area (Å²) in [5, 5.41) is 8.41. The Balaban J connectivity index is 1.46. The van der Waals surface area contributed by atoms with E-state index in [-0.39, 0.29) is 0 Å². The Morgan fingerprint density at radius 2 is 2.21 bits per heavy atom. The van der Waals surface area contributed by atoms with Gasteiger partial charge in [-0.15, -0.1) is 0 Å². The van der Waals surface area contributed by atoms with Crippen LogP contribution in [0.4, 0.5) is 0 Å². The smallest absolute Gasteiger partial charge is 0.241 e. The number of pyridine rings is 1. The highest BCUT2D eigenvalue weighted by atomic mass is 16.5. The molecule has 0 saturated carbocycles. The van der Waals surface area contributed by atoms with Crippen molar-refractivity contribution in [3.63, 3.8) is 0 Å². The summed E-state index contributed by atoms with van der Waals surface area (Å²) in [4.78, 5) is 11.0. The molecule has 24 heavy (non-hydrogen) atoms. The molecule has 7 heteroatoms. The summed E-state index contributed by atoms with van der Waals surface area (Å²) in [6.45, 7) is 2.63. The van der Waals surface area contributed by atoms with Crippen molar-refractivity contribution in [1.82, 2.24) is 29.8 Å². The maximum Gasteiger partial charge on any atom is 0.241 e. The Bertz CT molecular complexity index is 755. The third kappa shape index (κ3) is 3.35. The lowest BCUT2D eigenvalue weighted by atomic mass is 10.0. The van der Waals surface area contributed by atoms with Crippen LogP contribution < -0.4 is 0 Å². The van der Waals surface area contributed by atoms with E-state index in [0.717, 1.165) is 18.7 Å². The first-order valence-electron chi connectivity index (χ1n) is 8.33. The average molecular weight is 324 g/mol. The molecule has 1 fully saturated rings. The van der Waals surface area contributed by atoms with Gasteiger partial charge in [-0.05, 0) is 37.6 Å². The van der Waals surface area contributed by atoms with Gasteiger partial charge in [0.05, 0.1) is 13.1 Å². The number of rotatable bonds is 5. The van der Waals surface area contributed by atoms with Crippen molar-refractivity contribution in [2.75, 3.05) is 6.54 Å². The van der Waals surface area contributed by atoms with E-state index in [4.69, 9.17) is 4.52 Å². The van der Waals surface area contributed by atoms with Crippen LogP contribution in [0.15, 0.2) is 47.5 Å². The number of aromatic nitrogens is 5. The molecule has 0 N–H and O–H groups in total. The number of piperidine rings is 1. The van der Waals surface area contributed by atoms with Crippen LogP contribution >= 0.6 is 0 Å². The molecule has 0 spiro atoms. The van der Waals surface area contributed by atoms with Crippen molar-refractivity contribution in [3.8, 4) is 11.4 Å². The molecule has 1 aliphatic rings. The third-order valence-corrected chi connectivity index (χ3v) is 4.43. The van der Waals surface area contributed by atoms with Crippen LogP contribution in [-0.2, 0) is 13.1 Å². The van der Waals surface area contributed by atoms with E-state index in [0.29, 0.717) is 24.3 Å². The monoisotopic (exact) mass is 324 g/mol. The van der Waals surface area contributed by atoms with E-state index in [1.165, 1.54) is 19.3 Å². The second-order valence-electron chi connectivity index (χ2n) is 6.10. The zero-order chi connectivity index (χ0) is 16.2. The van der Waals surface area contributed by atoms with Crippen LogP contribution in [0.2, 0.25) is 0 Å². The van der Waals surface area contributed by atoms with Crippen LogP contribution in [0.1, 0.15) is 25.2 Å². The van der Waals surface area contributed by atoms with Crippen molar-refractivity contribution in [1.29, 1.82) is 0 Å². The Hall–Kier alpha value is -2.54. The summed E-state index contributed by atoms with van der Waals surface area (Å²) in [6, 6.07) is 6.22. The molecule has 3 aromatic heterocycles. The van der Waals surface area contributed by atoms with Crippen LogP contribution in [0.25, 0.3) is 11.4 Å². The Morgan fingerprint density at radius 3 is 3.04 bits per heavy atom. The van der Waals surface area contributed by atoms with Gasteiger partial charge in [-0.1, -0.05) is 11.6 Å². The average Bonchev–Trinajstić information content (AvgIpc) is 3.29. The van der Waals surface area contributed by atoms with E-state index >= 15 is 0 Å². The van der Waals surface area contributed by atoms with Gasteiger partial charge in [0, 0.05) is 36.4 Å². The SMILES string of the molecule is c1cncc(-c2noc(CN3CCCC[C@@H]3Cn3cccn3)n2)c1. The lowest BCUT2D eigenvalue weighted by Crippen LogP contribution is -2.41. The lowest BCUT2D eigenvalue weighted by molar-refractivity contribution is 0.108. The first-order valence-corrected chi connectivity index (χ1v) is 8.33. The normalized spacial score (nSPS) is 18.8. The predicted octanol–water partition coefficient (Wildman–Crippen LogP) is 2.38. The van der Waals surface area contributed by atoms with Gasteiger partial charge in [0.15, 0.2) is 0 Å². The van der Waals surface area contributed by atoms with E-state index in [1.54, 1.807) is 12.4 Å². The summed E-state index contributed by atoms with van der Waals surface area (Å²) >= 11 is 0. The highest BCUT2D eigenvalue weighted by Crippen LogP contribution is 2.21. The van der Waals surface area contributed by atoms with Gasteiger partial charge in [-0.25, -0.2) is 0 Å². The molecule has 4 rings (SSSR count). The number of likely N-dealkylation sites (tertiary alicyclic amines) is 1. The summed E-state index contributed by atoms with van der Waals surface area (Å²) < 4.78 is 7.45. The standard InChI is InChI=1S/C17H20N6O/c1-2-9-22(15(6-1)12-23-10-4-8-19-23)13-16-20-17(21-24-16)14-5-3-7-18-11-14/h3-5,7-8,10-11,15H,1-2,6,9,12-13H2/t15-/m1/s1. The predicted molar refractivity (Wildman–Crippen MR) is 87.8 cm³/mol. The molecule has 3 aromatic rings. The number of nitrogens with zero attached hydrogens (tertiary/aromatic N) is 6. The van der Waals surface area contributed by atoms with Gasteiger partial charge in [0.1, 0.15) is 0 Å². The van der Waals surface area contributed by atoms with Gasteiger partial charge in [-0.2, -0.15) is 10.1 Å². The minimum atomic E-state index is 0.451. The second-order valence-corrected chi connectivity index (χ2v) is 6.10. The van der Waals surface area contributed by atoms with Gasteiger partial charge < -0.3 is 4.52 Å². The number of hydrogen-bond acceptors (Lipinski definition) is 6. The van der Waals surface area contributed by atoms with Crippen molar-refractivity contribution in [2.45, 2.75) is 38.4 Å². The maximum atomic E-state index is 5.45. The van der Waals surface area contributed by atoms with Gasteiger partial charge in [-0.3, -0.25) is 14.6 Å². The van der Waals surface area contributed by atoms with E-state index in [2.05, 4.69) is 25.1 Å². The molecule has 124 valence electrons. The van der Waals surface area contributed by atoms with E-state index in [1.807, 2.05) is 35.3 Å². The molecule has 1 aliphatic heterocycles. The highest BCUT2D eigenvalue weighted by Gasteiger charge is 2.25. The lowest BCUT2D eigenvalue weighted by Gasteiger charge is -2.34. The third-order valence-electron chi connectivity index (χ3n) is 4.43. The molecule has 1 atom stereocenters. The quantitative estimate of drug-likeness (QED) is 0.717. The summed E-state index contributed by atoms with van der Waals surface area (Å²) in [5.74, 6) is 1.25. The molecule has 4 heterocycles. The minimum Gasteiger partial charge on any atom is -0.338 e. The largest absolute Gasteiger partial charge is 0.338 e. The molecule has 1 saturated heterocycles. The fourth-order valence-electron chi connectivity index (χ4n) is 3.20. The first kappa shape index (κ1) is 15.0. The molecule has 7 nitrogen and oxygen atoms in total. The van der Waals surface area contributed by atoms with Crippen molar-refractivity contribution >= 4 is 0 Å². The molecule has 0 radical (unpaired) electrons. The molecule has 0 unspecified atom stereocenters. The van der Waals surface area contributed by atoms with E-state index in [9.17, 15) is 0 Å². The van der Waals surface area contributed by atoms with Crippen molar-refractivity contribution in [3.05, 3.63) is 48.9 Å². The molecule has 0 aliphatic carbocycles. The highest BCUT2D eigenvalue weighted by molar-refractivity contribution is 5.51. The zero-order valence-electron chi connectivity index (χ0n) is 13.5. The van der Waals surface area contributed by atoms with Crippen LogP contribution in [0.5, 0.6) is 0 Å². The van der Waals surface area contributed by atoms with Gasteiger partial charge >= 0.3 is 0 Å². The molecule has 0 amide bonds. The fraction of sp³-hybridized carbons (Fsp3) is 0.412. The van der Waals surface area contributed by atoms with Crippen LogP contribution in [0.3, 0.4) is 0 Å². The number of hydrogen-bond donors (Lipinski definition) is 0. The fourth-order valence-corrected chi connectivity index (χ4v) is 3.20. The zero-order valence-corrected chi connectivity index (χ0v) is 13.5. The van der Waals surface area contributed by atoms with Gasteiger partial charge in [0.2, 0.25) is 11.7 Å². The molecule has 0 aromatic carbocycles. The van der Waals surface area contributed by atoms with Crippen molar-refractivity contribution in [2.24, 2.45) is 0 Å². The Morgan fingerprint density at radius 1 is 1.21 bits per heavy atom. The minimum absolute atomic E-state index is 0.451. The maximum absolute atomic E-state index is 5.45. The summed E-state index contributed by atoms with van der Waals surface area (Å²) in [6.07, 6.45) is 11.0.